The van der Waals surface area contributed by atoms with Gasteiger partial charge in [-0.15, -0.1) is 0 Å². The molecular weight excluding hydrogens is 204 g/mol. The van der Waals surface area contributed by atoms with E-state index < -0.39 is 0 Å². The summed E-state index contributed by atoms with van der Waals surface area (Å²) < 4.78 is 1.54. The summed E-state index contributed by atoms with van der Waals surface area (Å²) in [6.45, 7) is 1.62. The van der Waals surface area contributed by atoms with E-state index in [4.69, 9.17) is 0 Å². The summed E-state index contributed by atoms with van der Waals surface area (Å²) in [5.41, 5.74) is 0.974. The molecule has 1 aliphatic rings. The maximum Gasteiger partial charge on any atom is 0.250 e. The van der Waals surface area contributed by atoms with Crippen LogP contribution < -0.4 is 10.9 Å². The molecule has 16 heavy (non-hydrogen) atoms. The Bertz CT molecular complexity index is 439. The van der Waals surface area contributed by atoms with Crippen molar-refractivity contribution in [1.82, 2.24) is 9.88 Å². The van der Waals surface area contributed by atoms with Crippen molar-refractivity contribution in [2.45, 2.75) is 12.3 Å². The third-order valence-electron chi connectivity index (χ3n) is 3.26. The lowest BCUT2D eigenvalue weighted by atomic mass is 9.82. The van der Waals surface area contributed by atoms with Crippen LogP contribution in [0.4, 0.5) is 0 Å². The first kappa shape index (κ1) is 11.1. The van der Waals surface area contributed by atoms with Crippen molar-refractivity contribution in [2.24, 2.45) is 13.0 Å². The Kier molecular flexibility index (Phi) is 3.19. The highest BCUT2D eigenvalue weighted by Gasteiger charge is 2.26. The van der Waals surface area contributed by atoms with Gasteiger partial charge in [0.1, 0.15) is 6.29 Å². The molecule has 4 heteroatoms. The van der Waals surface area contributed by atoms with E-state index in [0.717, 1.165) is 24.8 Å². The number of nitrogens with one attached hydrogen (secondary N) is 1. The highest BCUT2D eigenvalue weighted by Crippen LogP contribution is 2.27. The number of aryl methyl sites for hydroxylation is 1. The van der Waals surface area contributed by atoms with Gasteiger partial charge >= 0.3 is 0 Å². The molecule has 2 atom stereocenters. The van der Waals surface area contributed by atoms with E-state index in [1.807, 2.05) is 6.07 Å². The van der Waals surface area contributed by atoms with Gasteiger partial charge in [-0.05, 0) is 30.5 Å². The van der Waals surface area contributed by atoms with Crippen molar-refractivity contribution in [1.29, 1.82) is 0 Å². The van der Waals surface area contributed by atoms with Crippen LogP contribution in [0.1, 0.15) is 17.9 Å². The van der Waals surface area contributed by atoms with E-state index in [1.54, 1.807) is 23.9 Å². The topological polar surface area (TPSA) is 51.1 Å². The standard InChI is InChI=1S/C12H16N2O2/c1-14-5-3-9(6-12(14)16)11-2-4-13-7-10(11)8-15/h3,5-6,8,10-11,13H,2,4,7H2,1H3/t10-,11-/m1/s1. The Labute approximate surface area is 94.3 Å². The van der Waals surface area contributed by atoms with Crippen LogP contribution in [0, 0.1) is 5.92 Å². The van der Waals surface area contributed by atoms with Crippen LogP contribution >= 0.6 is 0 Å². The molecule has 0 unspecified atom stereocenters. The zero-order chi connectivity index (χ0) is 11.5. The van der Waals surface area contributed by atoms with E-state index in [2.05, 4.69) is 5.32 Å². The molecule has 2 rings (SSSR count). The van der Waals surface area contributed by atoms with E-state index in [-0.39, 0.29) is 17.4 Å². The molecule has 0 amide bonds. The summed E-state index contributed by atoms with van der Waals surface area (Å²) in [5.74, 6) is 0.175. The van der Waals surface area contributed by atoms with Crippen LogP contribution in [-0.4, -0.2) is 23.9 Å². The second-order valence-electron chi connectivity index (χ2n) is 4.31. The molecule has 1 saturated heterocycles. The summed E-state index contributed by atoms with van der Waals surface area (Å²) in [6, 6.07) is 3.58. The molecule has 1 aromatic rings. The van der Waals surface area contributed by atoms with Crippen molar-refractivity contribution in [2.75, 3.05) is 13.1 Å². The second-order valence-corrected chi connectivity index (χ2v) is 4.31. The highest BCUT2D eigenvalue weighted by atomic mass is 16.1. The predicted molar refractivity (Wildman–Crippen MR) is 61.5 cm³/mol. The number of carbonyl (C=O) groups excluding carboxylic acids is 1. The van der Waals surface area contributed by atoms with Gasteiger partial charge in [0, 0.05) is 31.8 Å². The molecule has 0 aromatic carbocycles. The lowest BCUT2D eigenvalue weighted by molar-refractivity contribution is -0.112. The Morgan fingerprint density at radius 3 is 3.06 bits per heavy atom. The number of nitrogens with zero attached hydrogens (tertiary/aromatic N) is 1. The normalized spacial score (nSPS) is 25.3. The van der Waals surface area contributed by atoms with E-state index in [0.29, 0.717) is 6.54 Å². The summed E-state index contributed by atoms with van der Waals surface area (Å²) in [5, 5.41) is 3.20. The smallest absolute Gasteiger partial charge is 0.250 e. The third kappa shape index (κ3) is 2.07. The molecule has 4 nitrogen and oxygen atoms in total. The Morgan fingerprint density at radius 2 is 2.38 bits per heavy atom. The van der Waals surface area contributed by atoms with Crippen LogP contribution in [0.2, 0.25) is 0 Å². The number of aromatic nitrogens is 1. The van der Waals surface area contributed by atoms with Gasteiger partial charge in [0.05, 0.1) is 0 Å². The van der Waals surface area contributed by atoms with Gasteiger partial charge in [0.2, 0.25) is 0 Å². The number of piperidine rings is 1. The van der Waals surface area contributed by atoms with Gasteiger partial charge in [-0.25, -0.2) is 0 Å². The van der Waals surface area contributed by atoms with Crippen molar-refractivity contribution in [3.63, 3.8) is 0 Å². The van der Waals surface area contributed by atoms with Gasteiger partial charge in [-0.1, -0.05) is 0 Å². The fraction of sp³-hybridized carbons (Fsp3) is 0.500. The van der Waals surface area contributed by atoms with Gasteiger partial charge in [-0.2, -0.15) is 0 Å². The zero-order valence-corrected chi connectivity index (χ0v) is 9.35. The van der Waals surface area contributed by atoms with Crippen LogP contribution in [-0.2, 0) is 11.8 Å². The monoisotopic (exact) mass is 220 g/mol. The lowest BCUT2D eigenvalue weighted by Crippen LogP contribution is -2.36. The molecule has 1 N–H and O–H groups in total. The second kappa shape index (κ2) is 4.61. The number of rotatable bonds is 2. The van der Waals surface area contributed by atoms with Crippen LogP contribution in [0.15, 0.2) is 23.1 Å². The van der Waals surface area contributed by atoms with Crippen molar-refractivity contribution in [3.05, 3.63) is 34.2 Å². The Hall–Kier alpha value is -1.42. The minimum Gasteiger partial charge on any atom is -0.319 e. The fourth-order valence-corrected chi connectivity index (χ4v) is 2.23. The molecule has 1 aromatic heterocycles. The summed E-state index contributed by atoms with van der Waals surface area (Å²) in [7, 11) is 1.73. The van der Waals surface area contributed by atoms with Crippen LogP contribution in [0.5, 0.6) is 0 Å². The first-order valence-electron chi connectivity index (χ1n) is 5.55. The molecule has 0 saturated carbocycles. The minimum absolute atomic E-state index is 0.0131. The number of hydrogen-bond acceptors (Lipinski definition) is 3. The predicted octanol–water partition coefficient (Wildman–Crippen LogP) is 0.277. The van der Waals surface area contributed by atoms with E-state index in [1.165, 1.54) is 0 Å². The average Bonchev–Trinajstić information content (AvgIpc) is 2.32. The van der Waals surface area contributed by atoms with Gasteiger partial charge < -0.3 is 14.7 Å². The summed E-state index contributed by atoms with van der Waals surface area (Å²) in [6.07, 6.45) is 3.67. The lowest BCUT2D eigenvalue weighted by Gasteiger charge is -2.28. The first-order valence-corrected chi connectivity index (χ1v) is 5.55. The van der Waals surface area contributed by atoms with E-state index in [9.17, 15) is 9.59 Å². The van der Waals surface area contributed by atoms with Crippen molar-refractivity contribution in [3.8, 4) is 0 Å². The van der Waals surface area contributed by atoms with Gasteiger partial charge in [-0.3, -0.25) is 4.79 Å². The van der Waals surface area contributed by atoms with Crippen LogP contribution in [0.25, 0.3) is 0 Å². The van der Waals surface area contributed by atoms with E-state index >= 15 is 0 Å². The minimum atomic E-state index is -0.0133. The molecule has 1 aliphatic heterocycles. The summed E-state index contributed by atoms with van der Waals surface area (Å²) >= 11 is 0. The number of hydrogen-bond donors (Lipinski definition) is 1. The summed E-state index contributed by atoms with van der Waals surface area (Å²) in [4.78, 5) is 22.5. The molecule has 0 radical (unpaired) electrons. The quantitative estimate of drug-likeness (QED) is 0.728. The third-order valence-corrected chi connectivity index (χ3v) is 3.26. The maximum absolute atomic E-state index is 11.5. The largest absolute Gasteiger partial charge is 0.319 e. The van der Waals surface area contributed by atoms with Gasteiger partial charge in [0.25, 0.3) is 5.56 Å². The SMILES string of the molecule is Cn1ccc([C@H]2CCNC[C@@H]2C=O)cc1=O. The molecule has 0 spiro atoms. The Morgan fingerprint density at radius 1 is 1.56 bits per heavy atom. The molecule has 0 bridgehead atoms. The molecular formula is C12H16N2O2. The maximum atomic E-state index is 11.5. The fourth-order valence-electron chi connectivity index (χ4n) is 2.23. The number of aldehydes is 1. The molecule has 1 fully saturated rings. The molecule has 2 heterocycles. The van der Waals surface area contributed by atoms with Crippen LogP contribution in [0.3, 0.4) is 0 Å². The molecule has 0 aliphatic carbocycles. The molecule has 86 valence electrons. The number of pyridine rings is 1. The number of carbonyl (C=O) groups is 1. The van der Waals surface area contributed by atoms with Crippen molar-refractivity contribution >= 4 is 6.29 Å². The van der Waals surface area contributed by atoms with Crippen molar-refractivity contribution < 1.29 is 4.79 Å². The van der Waals surface area contributed by atoms with Gasteiger partial charge in [0.15, 0.2) is 0 Å². The zero-order valence-electron chi connectivity index (χ0n) is 9.35. The Balaban J connectivity index is 2.30. The highest BCUT2D eigenvalue weighted by molar-refractivity contribution is 5.56. The first-order chi connectivity index (χ1) is 7.72. The average molecular weight is 220 g/mol.